The molecule has 0 aliphatic heterocycles. The van der Waals surface area contributed by atoms with Crippen LogP contribution in [0, 0.1) is 0 Å². The minimum Gasteiger partial charge on any atom is 0 e. The fraction of sp³-hybridized carbons (Fsp3) is 0. The molecular formula is H2BCoFeHf. The molecule has 0 heterocycles. The minimum absolute atomic E-state index is 0. The second kappa shape index (κ2) is 20.2. The third-order valence-corrected chi connectivity index (χ3v) is 0. The molecule has 0 aliphatic rings. The molecule has 0 aromatic carbocycles. The summed E-state index contributed by atoms with van der Waals surface area (Å²) in [6.45, 7) is 0. The maximum atomic E-state index is 2.14. The van der Waals surface area contributed by atoms with Crippen LogP contribution in [-0.4, -0.2) is 5.43 Å². The van der Waals surface area contributed by atoms with Crippen molar-refractivity contribution in [2.24, 2.45) is 0 Å². The Hall–Kier alpha value is 1.96. The summed E-state index contributed by atoms with van der Waals surface area (Å²) in [6, 6.07) is 0. The second-order valence-electron chi connectivity index (χ2n) is 0. The van der Waals surface area contributed by atoms with E-state index in [1.54, 1.807) is 0 Å². The SMILES string of the molecule is [BH2][Hf].[Co].[Fe]. The van der Waals surface area contributed by atoms with E-state index in [0.29, 0.717) is 0 Å². The largest absolute Gasteiger partial charge is 0 e. The number of hydrogen-bond acceptors (Lipinski definition) is 0. The first-order chi connectivity index (χ1) is 1.00. The summed E-state index contributed by atoms with van der Waals surface area (Å²) >= 11 is 1.31. The van der Waals surface area contributed by atoms with Gasteiger partial charge in [0.05, 0.1) is 0 Å². The first-order valence-electron chi connectivity index (χ1n) is 0.500. The first-order valence-corrected chi connectivity index (χ1v) is 4.09. The van der Waals surface area contributed by atoms with Crippen molar-refractivity contribution in [1.82, 2.24) is 0 Å². The normalized spacial score (nSPS) is 0.750. The van der Waals surface area contributed by atoms with Crippen LogP contribution >= 0.6 is 0 Å². The van der Waals surface area contributed by atoms with Gasteiger partial charge in [0.2, 0.25) is 0 Å². The molecule has 0 N–H and O–H groups in total. The molecule has 1 radical (unpaired) electrons. The number of rotatable bonds is 0. The molecule has 0 atom stereocenters. The standard InChI is InChI=1S/BH2.Co.Fe.Hf/h1H2;;;/q+1;;;-1. The minimum atomic E-state index is 0. The summed E-state index contributed by atoms with van der Waals surface area (Å²) in [7, 11) is 0. The zero-order valence-corrected chi connectivity index (χ0v) is 7.92. The molecule has 0 nitrogen and oxygen atoms in total. The van der Waals surface area contributed by atoms with Crippen molar-refractivity contribution < 1.29 is 58.0 Å². The van der Waals surface area contributed by atoms with Crippen LogP contribution < -0.4 is 0 Å². The zero-order chi connectivity index (χ0) is 2.00. The Bertz CT molecular complexity index is 8.00. The van der Waals surface area contributed by atoms with Gasteiger partial charge in [-0.15, -0.1) is 0 Å². The van der Waals surface area contributed by atoms with Gasteiger partial charge in [0, 0.05) is 33.8 Å². The molecule has 0 aromatic rings. The van der Waals surface area contributed by atoms with Crippen molar-refractivity contribution in [2.75, 3.05) is 0 Å². The van der Waals surface area contributed by atoms with Gasteiger partial charge in [-0.1, -0.05) is 0 Å². The van der Waals surface area contributed by atoms with Crippen LogP contribution in [-0.2, 0) is 58.0 Å². The van der Waals surface area contributed by atoms with Gasteiger partial charge >= 0.3 is 29.6 Å². The summed E-state index contributed by atoms with van der Waals surface area (Å²) in [5, 5.41) is 0. The quantitative estimate of drug-likeness (QED) is 0.508. The fourth-order valence-corrected chi connectivity index (χ4v) is 0. The van der Waals surface area contributed by atoms with Gasteiger partial charge in [0.1, 0.15) is 0 Å². The third-order valence-electron chi connectivity index (χ3n) is 0. The van der Waals surface area contributed by atoms with E-state index in [9.17, 15) is 0 Å². The average Bonchev–Trinajstić information content (AvgIpc) is 1.00. The predicted molar refractivity (Wildman–Crippen MR) is 8.54 cm³/mol. The van der Waals surface area contributed by atoms with E-state index in [1.165, 1.54) is 24.1 Å². The van der Waals surface area contributed by atoms with Gasteiger partial charge in [-0.3, -0.25) is 0 Å². The van der Waals surface area contributed by atoms with Gasteiger partial charge in [0.25, 0.3) is 0 Å². The van der Waals surface area contributed by atoms with Crippen LogP contribution in [0.5, 0.6) is 0 Å². The Morgan fingerprint density at radius 3 is 1.25 bits per heavy atom. The number of hydrogen-bond donors (Lipinski definition) is 0. The van der Waals surface area contributed by atoms with Crippen LogP contribution in [0.25, 0.3) is 0 Å². The molecule has 0 rings (SSSR count). The molecule has 0 saturated heterocycles. The topological polar surface area (TPSA) is 0 Å². The molecule has 26 valence electrons. The molecule has 0 saturated carbocycles. The van der Waals surface area contributed by atoms with Crippen LogP contribution in [0.3, 0.4) is 0 Å². The van der Waals surface area contributed by atoms with Crippen LogP contribution in [0.2, 0.25) is 0 Å². The van der Waals surface area contributed by atoms with E-state index >= 15 is 0 Å². The molecule has 0 fully saturated rings. The van der Waals surface area contributed by atoms with E-state index in [-0.39, 0.29) is 33.8 Å². The van der Waals surface area contributed by atoms with Crippen LogP contribution in [0.4, 0.5) is 0 Å². The van der Waals surface area contributed by atoms with Gasteiger partial charge in [0.15, 0.2) is 0 Å². The summed E-state index contributed by atoms with van der Waals surface area (Å²) < 4.78 is 0. The molecule has 0 amide bonds. The Morgan fingerprint density at radius 1 is 1.25 bits per heavy atom. The molecule has 0 spiro atoms. The summed E-state index contributed by atoms with van der Waals surface area (Å²) in [5.74, 6) is 0. The first kappa shape index (κ1) is 16.7. The van der Waals surface area contributed by atoms with Crippen molar-refractivity contribution in [3.05, 3.63) is 0 Å². The van der Waals surface area contributed by atoms with Crippen molar-refractivity contribution in [3.63, 3.8) is 0 Å². The average molecular weight is 306 g/mol. The van der Waals surface area contributed by atoms with Crippen molar-refractivity contribution in [3.8, 4) is 0 Å². The van der Waals surface area contributed by atoms with Crippen molar-refractivity contribution in [1.29, 1.82) is 0 Å². The molecule has 0 aliphatic carbocycles. The van der Waals surface area contributed by atoms with E-state index in [0.717, 1.165) is 0 Å². The maximum Gasteiger partial charge on any atom is 0 e. The van der Waals surface area contributed by atoms with E-state index < -0.39 is 0 Å². The fourth-order valence-electron chi connectivity index (χ4n) is 0. The van der Waals surface area contributed by atoms with Gasteiger partial charge in [-0.2, -0.15) is 0 Å². The molecule has 4 heteroatoms. The van der Waals surface area contributed by atoms with E-state index in [4.69, 9.17) is 0 Å². The molecule has 4 heavy (non-hydrogen) atoms. The monoisotopic (exact) mass is 308 g/mol. The van der Waals surface area contributed by atoms with E-state index in [2.05, 4.69) is 5.43 Å². The Labute approximate surface area is 62.8 Å². The van der Waals surface area contributed by atoms with Gasteiger partial charge in [-0.25, -0.2) is 0 Å². The molecule has 0 unspecified atom stereocenters. The van der Waals surface area contributed by atoms with E-state index in [1.807, 2.05) is 0 Å². The summed E-state index contributed by atoms with van der Waals surface area (Å²) in [5.41, 5.74) is 2.14. The summed E-state index contributed by atoms with van der Waals surface area (Å²) in [6.07, 6.45) is 0. The van der Waals surface area contributed by atoms with Crippen molar-refractivity contribution >= 4 is 5.43 Å². The maximum absolute atomic E-state index is 2.14. The van der Waals surface area contributed by atoms with Gasteiger partial charge < -0.3 is 0 Å². The Morgan fingerprint density at radius 2 is 1.25 bits per heavy atom. The Kier molecular flexibility index (Phi) is 84.7. The van der Waals surface area contributed by atoms with Crippen molar-refractivity contribution in [2.45, 2.75) is 0 Å². The van der Waals surface area contributed by atoms with Gasteiger partial charge in [-0.05, 0) is 0 Å². The predicted octanol–water partition coefficient (Wildman–Crippen LogP) is -0.924. The van der Waals surface area contributed by atoms with Crippen LogP contribution in [0.15, 0.2) is 0 Å². The third kappa shape index (κ3) is 9.03. The molecule has 0 bridgehead atoms. The zero-order valence-electron chi connectivity index (χ0n) is 2.19. The van der Waals surface area contributed by atoms with Crippen LogP contribution in [0.1, 0.15) is 0 Å². The second-order valence-corrected chi connectivity index (χ2v) is 0. The summed E-state index contributed by atoms with van der Waals surface area (Å²) in [4.78, 5) is 0. The smallest absolute Gasteiger partial charge is 0 e. The Balaban J connectivity index is -0.00000000500. The molecular weight excluding hydrogens is 304 g/mol. The molecule has 0 aromatic heterocycles.